The second kappa shape index (κ2) is 19.4. The summed E-state index contributed by atoms with van der Waals surface area (Å²) in [5, 5.41) is 17.4. The van der Waals surface area contributed by atoms with E-state index in [0.717, 1.165) is 5.56 Å². The first kappa shape index (κ1) is 40.5. The molecular formula is C33H53N3O12. The SMILES string of the molecule is COCO[C@H]1C[C@@H](C(=O)O)C[C@H]1NC(=O)OC(C)(C)C.COCO[C@H]1C[C@@H](NC(=O)OCc2ccccc2)C[C@H]1NC(=O)OC(C)(C)C. The minimum atomic E-state index is -0.885. The van der Waals surface area contributed by atoms with Crippen LogP contribution in [-0.2, 0) is 44.6 Å². The van der Waals surface area contributed by atoms with Crippen LogP contribution >= 0.6 is 0 Å². The largest absolute Gasteiger partial charge is 0.481 e. The molecule has 4 N–H and O–H groups in total. The number of amides is 3. The molecule has 3 amide bonds. The predicted molar refractivity (Wildman–Crippen MR) is 173 cm³/mol. The van der Waals surface area contributed by atoms with Gasteiger partial charge in [0.25, 0.3) is 0 Å². The molecule has 15 nitrogen and oxygen atoms in total. The quantitative estimate of drug-likeness (QED) is 0.181. The molecular weight excluding hydrogens is 630 g/mol. The van der Waals surface area contributed by atoms with E-state index in [1.165, 1.54) is 14.2 Å². The molecule has 0 unspecified atom stereocenters. The van der Waals surface area contributed by atoms with E-state index in [-0.39, 0.29) is 50.5 Å². The van der Waals surface area contributed by atoms with Crippen LogP contribution in [0.1, 0.15) is 72.8 Å². The van der Waals surface area contributed by atoms with Crippen molar-refractivity contribution in [2.75, 3.05) is 27.8 Å². The lowest BCUT2D eigenvalue weighted by molar-refractivity contribution is -0.142. The highest BCUT2D eigenvalue weighted by molar-refractivity contribution is 5.72. The van der Waals surface area contributed by atoms with Gasteiger partial charge in [-0.3, -0.25) is 4.79 Å². The summed E-state index contributed by atoms with van der Waals surface area (Å²) in [5.41, 5.74) is -0.280. The maximum atomic E-state index is 12.1. The van der Waals surface area contributed by atoms with Crippen molar-refractivity contribution in [1.82, 2.24) is 16.0 Å². The molecule has 0 aliphatic heterocycles. The Bertz CT molecular complexity index is 1150. The van der Waals surface area contributed by atoms with Crippen molar-refractivity contribution in [3.8, 4) is 0 Å². The van der Waals surface area contributed by atoms with Crippen LogP contribution in [0.2, 0.25) is 0 Å². The van der Waals surface area contributed by atoms with Gasteiger partial charge in [-0.15, -0.1) is 0 Å². The van der Waals surface area contributed by atoms with Gasteiger partial charge < -0.3 is 54.2 Å². The zero-order valence-electron chi connectivity index (χ0n) is 29.2. The Balaban J connectivity index is 0.000000353. The van der Waals surface area contributed by atoms with E-state index in [0.29, 0.717) is 25.7 Å². The number of benzene rings is 1. The predicted octanol–water partition coefficient (Wildman–Crippen LogP) is 4.32. The average molecular weight is 684 g/mol. The van der Waals surface area contributed by atoms with Gasteiger partial charge in [0, 0.05) is 20.3 Å². The summed E-state index contributed by atoms with van der Waals surface area (Å²) in [6.07, 6.45) is -0.566. The van der Waals surface area contributed by atoms with Crippen molar-refractivity contribution in [3.63, 3.8) is 0 Å². The summed E-state index contributed by atoms with van der Waals surface area (Å²) in [7, 11) is 3.02. The minimum absolute atomic E-state index is 0.0590. The fourth-order valence-electron chi connectivity index (χ4n) is 5.15. The van der Waals surface area contributed by atoms with Gasteiger partial charge in [0.2, 0.25) is 0 Å². The van der Waals surface area contributed by atoms with Crippen LogP contribution in [-0.4, -0.2) is 98.7 Å². The van der Waals surface area contributed by atoms with Gasteiger partial charge >= 0.3 is 24.2 Å². The van der Waals surface area contributed by atoms with E-state index >= 15 is 0 Å². The van der Waals surface area contributed by atoms with Crippen molar-refractivity contribution in [2.45, 2.75) is 115 Å². The van der Waals surface area contributed by atoms with E-state index in [1.807, 2.05) is 30.3 Å². The van der Waals surface area contributed by atoms with Gasteiger partial charge in [0.15, 0.2) is 0 Å². The average Bonchev–Trinajstić information content (AvgIpc) is 3.55. The molecule has 0 saturated heterocycles. The number of hydrogen-bond acceptors (Lipinski definition) is 11. The van der Waals surface area contributed by atoms with Gasteiger partial charge in [0.05, 0.1) is 30.2 Å². The van der Waals surface area contributed by atoms with E-state index in [1.54, 1.807) is 41.5 Å². The first-order valence-corrected chi connectivity index (χ1v) is 15.9. The number of carbonyl (C=O) groups is 4. The van der Waals surface area contributed by atoms with Crippen LogP contribution in [0.4, 0.5) is 14.4 Å². The van der Waals surface area contributed by atoms with E-state index in [2.05, 4.69) is 16.0 Å². The summed E-state index contributed by atoms with van der Waals surface area (Å²) < 4.78 is 36.6. The molecule has 1 aromatic rings. The standard InChI is InChI=1S/C20H30N2O6.C13H23NO6/c1-20(2,3)28-19(24)22-16-10-15(11-17(16)27-13-25-4)21-18(23)26-12-14-8-6-5-7-9-14;1-13(2,3)20-12(17)14-9-5-8(11(15)16)6-10(9)19-7-18-4/h5-9,15-17H,10-13H2,1-4H3,(H,21,23)(H,22,24);8-10H,5-7H2,1-4H3,(H,14,17)(H,15,16)/t15-,16+,17-;8-,9+,10-/m00/s1. The van der Waals surface area contributed by atoms with Gasteiger partial charge in [-0.2, -0.15) is 0 Å². The molecule has 48 heavy (non-hydrogen) atoms. The maximum absolute atomic E-state index is 12.1. The van der Waals surface area contributed by atoms with Gasteiger partial charge in [-0.05, 0) is 72.8 Å². The molecule has 6 atom stereocenters. The molecule has 0 spiro atoms. The van der Waals surface area contributed by atoms with E-state index < -0.39 is 41.4 Å². The number of carboxylic acid groups (broad SMARTS) is 1. The van der Waals surface area contributed by atoms with Crippen molar-refractivity contribution < 1.29 is 57.4 Å². The molecule has 0 aromatic heterocycles. The first-order valence-electron chi connectivity index (χ1n) is 15.9. The number of rotatable bonds is 12. The van der Waals surface area contributed by atoms with Crippen LogP contribution in [0.5, 0.6) is 0 Å². The van der Waals surface area contributed by atoms with E-state index in [9.17, 15) is 19.2 Å². The van der Waals surface area contributed by atoms with Crippen molar-refractivity contribution in [2.24, 2.45) is 5.92 Å². The Hall–Kier alpha value is -3.66. The molecule has 3 rings (SSSR count). The Labute approximate surface area is 282 Å². The molecule has 0 bridgehead atoms. The Kier molecular flexibility index (Phi) is 16.3. The number of carbonyl (C=O) groups excluding carboxylic acids is 3. The minimum Gasteiger partial charge on any atom is -0.481 e. The van der Waals surface area contributed by atoms with Gasteiger partial charge in [-0.25, -0.2) is 14.4 Å². The van der Waals surface area contributed by atoms with Crippen LogP contribution in [0.15, 0.2) is 30.3 Å². The van der Waals surface area contributed by atoms with Crippen molar-refractivity contribution in [3.05, 3.63) is 35.9 Å². The lowest BCUT2D eigenvalue weighted by Crippen LogP contribution is -2.44. The first-order chi connectivity index (χ1) is 22.5. The van der Waals surface area contributed by atoms with Crippen LogP contribution < -0.4 is 16.0 Å². The fraction of sp³-hybridized carbons (Fsp3) is 0.697. The fourth-order valence-corrected chi connectivity index (χ4v) is 5.15. The second-order valence-corrected chi connectivity index (χ2v) is 13.6. The number of ether oxygens (including phenoxy) is 7. The number of hydrogen-bond donors (Lipinski definition) is 4. The molecule has 2 aliphatic carbocycles. The monoisotopic (exact) mass is 683 g/mol. The van der Waals surface area contributed by atoms with Crippen LogP contribution in [0.25, 0.3) is 0 Å². The normalized spacial score (nSPS) is 23.7. The topological polar surface area (TPSA) is 189 Å². The summed E-state index contributed by atoms with van der Waals surface area (Å²) in [6, 6.07) is 8.57. The molecule has 2 aliphatic rings. The second-order valence-electron chi connectivity index (χ2n) is 13.6. The molecule has 2 fully saturated rings. The molecule has 2 saturated carbocycles. The Morgan fingerprint density at radius 2 is 1.21 bits per heavy atom. The van der Waals surface area contributed by atoms with Crippen molar-refractivity contribution in [1.29, 1.82) is 0 Å². The van der Waals surface area contributed by atoms with Crippen LogP contribution in [0.3, 0.4) is 0 Å². The highest BCUT2D eigenvalue weighted by atomic mass is 16.7. The van der Waals surface area contributed by atoms with E-state index in [4.69, 9.17) is 38.3 Å². The summed E-state index contributed by atoms with van der Waals surface area (Å²) in [5.74, 6) is -1.42. The number of alkyl carbamates (subject to hydrolysis) is 3. The molecule has 15 heteroatoms. The number of aliphatic carboxylic acids is 1. The highest BCUT2D eigenvalue weighted by Crippen LogP contribution is 2.29. The molecule has 0 heterocycles. The number of nitrogens with one attached hydrogen (secondary N) is 3. The summed E-state index contributed by atoms with van der Waals surface area (Å²) >= 11 is 0. The lowest BCUT2D eigenvalue weighted by atomic mass is 10.1. The summed E-state index contributed by atoms with van der Waals surface area (Å²) in [6.45, 7) is 11.0. The zero-order chi connectivity index (χ0) is 35.9. The number of methoxy groups -OCH3 is 2. The Morgan fingerprint density at radius 1 is 0.708 bits per heavy atom. The van der Waals surface area contributed by atoms with Crippen molar-refractivity contribution >= 4 is 24.2 Å². The zero-order valence-corrected chi connectivity index (χ0v) is 29.2. The molecule has 1 aromatic carbocycles. The smallest absolute Gasteiger partial charge is 0.407 e. The maximum Gasteiger partial charge on any atom is 0.407 e. The molecule has 0 radical (unpaired) electrons. The highest BCUT2D eigenvalue weighted by Gasteiger charge is 2.40. The molecule has 272 valence electrons. The number of carboxylic acids is 1. The lowest BCUT2D eigenvalue weighted by Gasteiger charge is -2.24. The third-order valence-corrected chi connectivity index (χ3v) is 7.10. The van der Waals surface area contributed by atoms with Gasteiger partial charge in [0.1, 0.15) is 31.4 Å². The summed E-state index contributed by atoms with van der Waals surface area (Å²) in [4.78, 5) is 47.0. The van der Waals surface area contributed by atoms with Crippen LogP contribution in [0, 0.1) is 5.92 Å². The van der Waals surface area contributed by atoms with Gasteiger partial charge in [-0.1, -0.05) is 30.3 Å². The Morgan fingerprint density at radius 3 is 1.69 bits per heavy atom. The third kappa shape index (κ3) is 16.0. The third-order valence-electron chi connectivity index (χ3n) is 7.10.